The van der Waals surface area contributed by atoms with Crippen molar-refractivity contribution in [3.63, 3.8) is 0 Å². The Morgan fingerprint density at radius 1 is 1.31 bits per heavy atom. The van der Waals surface area contributed by atoms with E-state index in [2.05, 4.69) is 22.2 Å². The molecule has 4 nitrogen and oxygen atoms in total. The molecule has 1 aliphatic rings. The second-order valence-corrected chi connectivity index (χ2v) is 3.68. The smallest absolute Gasteiger partial charge is 0.0110 e. The fourth-order valence-electron chi connectivity index (χ4n) is 1.58. The van der Waals surface area contributed by atoms with Crippen LogP contribution in [-0.2, 0) is 0 Å². The molecule has 0 aromatic carbocycles. The Bertz CT molecular complexity index is 123. The fourth-order valence-corrected chi connectivity index (χ4v) is 1.58. The van der Waals surface area contributed by atoms with E-state index in [0.29, 0.717) is 0 Å². The molecule has 1 fully saturated rings. The molecule has 3 N–H and O–H groups in total. The quantitative estimate of drug-likeness (QED) is 0.565. The minimum atomic E-state index is 0.762. The molecule has 78 valence electrons. The topological polar surface area (TPSA) is 44.5 Å². The average molecular weight is 186 g/mol. The van der Waals surface area contributed by atoms with Gasteiger partial charge in [0.15, 0.2) is 0 Å². The lowest BCUT2D eigenvalue weighted by Gasteiger charge is -2.28. The molecule has 0 aliphatic carbocycles. The number of likely N-dealkylation sites (N-methyl/N-ethyl adjacent to an activating group) is 1. The van der Waals surface area contributed by atoms with Crippen molar-refractivity contribution < 1.29 is 0 Å². The molecule has 1 heterocycles. The van der Waals surface area contributed by atoms with Crippen molar-refractivity contribution in [3.8, 4) is 0 Å². The van der Waals surface area contributed by atoms with Gasteiger partial charge in [0.05, 0.1) is 0 Å². The Labute approximate surface area is 81.1 Å². The number of nitrogens with zero attached hydrogens (tertiary/aromatic N) is 2. The van der Waals surface area contributed by atoms with Gasteiger partial charge in [0.2, 0.25) is 0 Å². The minimum Gasteiger partial charge on any atom is -0.329 e. The monoisotopic (exact) mass is 186 g/mol. The molecule has 0 unspecified atom stereocenters. The molecular weight excluding hydrogens is 164 g/mol. The summed E-state index contributed by atoms with van der Waals surface area (Å²) in [6.07, 6.45) is 0. The second-order valence-electron chi connectivity index (χ2n) is 3.68. The summed E-state index contributed by atoms with van der Waals surface area (Å²) in [7, 11) is 2.13. The molecule has 0 aromatic rings. The van der Waals surface area contributed by atoms with E-state index in [-0.39, 0.29) is 0 Å². The maximum Gasteiger partial charge on any atom is 0.0110 e. The van der Waals surface area contributed by atoms with Gasteiger partial charge in [0.25, 0.3) is 0 Å². The maximum atomic E-state index is 5.47. The lowest BCUT2D eigenvalue weighted by molar-refractivity contribution is 0.207. The van der Waals surface area contributed by atoms with Gasteiger partial charge in [-0.05, 0) is 7.05 Å². The first-order chi connectivity index (χ1) is 6.33. The number of nitrogens with one attached hydrogen (secondary N) is 1. The van der Waals surface area contributed by atoms with Gasteiger partial charge >= 0.3 is 0 Å². The van der Waals surface area contributed by atoms with E-state index >= 15 is 0 Å². The zero-order valence-electron chi connectivity index (χ0n) is 8.63. The van der Waals surface area contributed by atoms with Crippen LogP contribution >= 0.6 is 0 Å². The summed E-state index contributed by atoms with van der Waals surface area (Å²) in [6, 6.07) is 0. The Morgan fingerprint density at radius 2 is 2.00 bits per heavy atom. The Hall–Kier alpha value is -0.160. The van der Waals surface area contributed by atoms with Gasteiger partial charge in [0, 0.05) is 52.4 Å². The fraction of sp³-hybridized carbons (Fsp3) is 1.00. The largest absolute Gasteiger partial charge is 0.329 e. The number of hydrogen-bond acceptors (Lipinski definition) is 4. The molecular formula is C9H22N4. The highest BCUT2D eigenvalue weighted by atomic mass is 15.2. The van der Waals surface area contributed by atoms with Crippen LogP contribution in [0, 0.1) is 0 Å². The van der Waals surface area contributed by atoms with Gasteiger partial charge < -0.3 is 16.0 Å². The van der Waals surface area contributed by atoms with Crippen molar-refractivity contribution >= 4 is 0 Å². The molecule has 0 saturated carbocycles. The summed E-state index contributed by atoms with van der Waals surface area (Å²) in [5, 5.41) is 3.35. The van der Waals surface area contributed by atoms with Crippen LogP contribution in [0.15, 0.2) is 0 Å². The van der Waals surface area contributed by atoms with Crippen LogP contribution < -0.4 is 11.1 Å². The lowest BCUT2D eigenvalue weighted by atomic mass is 10.3. The first-order valence-corrected chi connectivity index (χ1v) is 5.14. The van der Waals surface area contributed by atoms with E-state index in [4.69, 9.17) is 5.73 Å². The van der Waals surface area contributed by atoms with E-state index in [1.807, 2.05) is 0 Å². The Balaban J connectivity index is 2.03. The van der Waals surface area contributed by atoms with Crippen LogP contribution in [-0.4, -0.2) is 69.2 Å². The van der Waals surface area contributed by atoms with Gasteiger partial charge in [-0.25, -0.2) is 0 Å². The van der Waals surface area contributed by atoms with Crippen LogP contribution in [0.2, 0.25) is 0 Å². The van der Waals surface area contributed by atoms with E-state index in [9.17, 15) is 0 Å². The van der Waals surface area contributed by atoms with Crippen molar-refractivity contribution in [2.45, 2.75) is 0 Å². The van der Waals surface area contributed by atoms with Gasteiger partial charge in [-0.3, -0.25) is 4.90 Å². The molecule has 0 bridgehead atoms. The van der Waals surface area contributed by atoms with E-state index < -0.39 is 0 Å². The van der Waals surface area contributed by atoms with Crippen molar-refractivity contribution in [2.24, 2.45) is 5.73 Å². The molecule has 0 spiro atoms. The van der Waals surface area contributed by atoms with Crippen molar-refractivity contribution in [2.75, 3.05) is 59.4 Å². The first kappa shape index (κ1) is 10.9. The molecule has 0 amide bonds. The molecule has 0 radical (unpaired) electrons. The summed E-state index contributed by atoms with van der Waals surface area (Å²) < 4.78 is 0. The highest BCUT2D eigenvalue weighted by molar-refractivity contribution is 4.68. The third-order valence-electron chi connectivity index (χ3n) is 2.52. The number of nitrogens with two attached hydrogens (primary N) is 1. The number of rotatable bonds is 5. The van der Waals surface area contributed by atoms with E-state index in [1.165, 1.54) is 19.6 Å². The molecule has 0 atom stereocenters. The van der Waals surface area contributed by atoms with E-state index in [0.717, 1.165) is 32.7 Å². The molecule has 4 heteroatoms. The highest BCUT2D eigenvalue weighted by Crippen LogP contribution is 1.92. The van der Waals surface area contributed by atoms with Crippen LogP contribution in [0.4, 0.5) is 0 Å². The minimum absolute atomic E-state index is 0.762. The van der Waals surface area contributed by atoms with Crippen LogP contribution in [0.3, 0.4) is 0 Å². The third-order valence-corrected chi connectivity index (χ3v) is 2.52. The van der Waals surface area contributed by atoms with Crippen LogP contribution in [0.5, 0.6) is 0 Å². The zero-order valence-corrected chi connectivity index (χ0v) is 8.63. The molecule has 1 rings (SSSR count). The average Bonchev–Trinajstić information content (AvgIpc) is 2.17. The third kappa shape index (κ3) is 4.57. The maximum absolute atomic E-state index is 5.47. The van der Waals surface area contributed by atoms with Crippen LogP contribution in [0.1, 0.15) is 0 Å². The SMILES string of the molecule is CN(CCN)CCN1CCNCC1. The summed E-state index contributed by atoms with van der Waals surface area (Å²) in [5.74, 6) is 0. The number of hydrogen-bond donors (Lipinski definition) is 2. The van der Waals surface area contributed by atoms with Crippen molar-refractivity contribution in [3.05, 3.63) is 0 Å². The highest BCUT2D eigenvalue weighted by Gasteiger charge is 2.09. The molecule has 1 aliphatic heterocycles. The summed E-state index contributed by atoms with van der Waals surface area (Å²) >= 11 is 0. The Kier molecular flexibility index (Phi) is 5.31. The standard InChI is InChI=1S/C9H22N4/c1-12(5-2-10)8-9-13-6-3-11-4-7-13/h11H,2-10H2,1H3. The Morgan fingerprint density at radius 3 is 2.62 bits per heavy atom. The molecule has 0 aromatic heterocycles. The zero-order chi connectivity index (χ0) is 9.52. The van der Waals surface area contributed by atoms with Gasteiger partial charge in [0.1, 0.15) is 0 Å². The predicted octanol–water partition coefficient (Wildman–Crippen LogP) is -1.22. The first-order valence-electron chi connectivity index (χ1n) is 5.14. The summed E-state index contributed by atoms with van der Waals surface area (Å²) in [6.45, 7) is 8.74. The van der Waals surface area contributed by atoms with Gasteiger partial charge in [-0.2, -0.15) is 0 Å². The second kappa shape index (κ2) is 6.32. The van der Waals surface area contributed by atoms with Gasteiger partial charge in [-0.15, -0.1) is 0 Å². The van der Waals surface area contributed by atoms with Crippen molar-refractivity contribution in [1.82, 2.24) is 15.1 Å². The van der Waals surface area contributed by atoms with Crippen molar-refractivity contribution in [1.29, 1.82) is 0 Å². The number of piperazine rings is 1. The van der Waals surface area contributed by atoms with Crippen LogP contribution in [0.25, 0.3) is 0 Å². The molecule has 1 saturated heterocycles. The predicted molar refractivity (Wildman–Crippen MR) is 55.9 cm³/mol. The van der Waals surface area contributed by atoms with E-state index in [1.54, 1.807) is 0 Å². The molecule has 13 heavy (non-hydrogen) atoms. The van der Waals surface area contributed by atoms with Gasteiger partial charge in [-0.1, -0.05) is 0 Å². The normalized spacial score (nSPS) is 19.6. The summed E-state index contributed by atoms with van der Waals surface area (Å²) in [4.78, 5) is 4.80. The summed E-state index contributed by atoms with van der Waals surface area (Å²) in [5.41, 5.74) is 5.47. The lowest BCUT2D eigenvalue weighted by Crippen LogP contribution is -2.46.